The van der Waals surface area contributed by atoms with Gasteiger partial charge in [-0.25, -0.2) is 0 Å². The third-order valence-electron chi connectivity index (χ3n) is 2.03. The van der Waals surface area contributed by atoms with Gasteiger partial charge >= 0.3 is 0 Å². The summed E-state index contributed by atoms with van der Waals surface area (Å²) in [6.07, 6.45) is 3.77. The van der Waals surface area contributed by atoms with Gasteiger partial charge in [0.05, 0.1) is 12.8 Å². The topological polar surface area (TPSA) is 86.0 Å². The second kappa shape index (κ2) is 9.30. The van der Waals surface area contributed by atoms with Crippen LogP contribution in [0.2, 0.25) is 0 Å². The average molecular weight is 271 g/mol. The first-order valence-electron chi connectivity index (χ1n) is 5.57. The second-order valence-corrected chi connectivity index (χ2v) is 3.54. The highest BCUT2D eigenvalue weighted by Gasteiger charge is 1.93. The molecule has 0 aliphatic heterocycles. The van der Waals surface area contributed by atoms with E-state index in [9.17, 15) is 0 Å². The molecule has 0 unspecified atom stereocenters. The number of hydrogen-bond donors (Lipinski definition) is 2. The first-order valence-corrected chi connectivity index (χ1v) is 5.57. The lowest BCUT2D eigenvalue weighted by atomic mass is 10.2. The summed E-state index contributed by atoms with van der Waals surface area (Å²) in [5.41, 5.74) is 11.2. The van der Waals surface area contributed by atoms with Crippen LogP contribution in [0, 0.1) is 0 Å². The summed E-state index contributed by atoms with van der Waals surface area (Å²) in [5.74, 6) is 0.804. The molecule has 0 amide bonds. The Kier molecular flexibility index (Phi) is 8.39. The van der Waals surface area contributed by atoms with Crippen LogP contribution in [0.1, 0.15) is 25.3 Å². The molecule has 18 heavy (non-hydrogen) atoms. The molecular formula is C12H19ClN4O. The normalized spacial score (nSPS) is 9.83. The second-order valence-electron chi connectivity index (χ2n) is 3.54. The number of halogens is 1. The molecule has 4 N–H and O–H groups in total. The Labute approximate surface area is 113 Å². The van der Waals surface area contributed by atoms with Crippen molar-refractivity contribution in [1.29, 1.82) is 0 Å². The third kappa shape index (κ3) is 6.75. The van der Waals surface area contributed by atoms with Crippen LogP contribution in [0.4, 0.5) is 0 Å². The lowest BCUT2D eigenvalue weighted by Crippen LogP contribution is -2.21. The fourth-order valence-corrected chi connectivity index (χ4v) is 1.15. The lowest BCUT2D eigenvalue weighted by Gasteiger charge is -2.04. The van der Waals surface area contributed by atoms with E-state index in [1.165, 1.54) is 0 Å². The Bertz CT molecular complexity index is 386. The molecule has 0 radical (unpaired) electrons. The van der Waals surface area contributed by atoms with Crippen LogP contribution in [0.3, 0.4) is 0 Å². The molecule has 1 aromatic carbocycles. The first-order chi connectivity index (χ1) is 8.22. The average Bonchev–Trinajstić information content (AvgIpc) is 2.31. The van der Waals surface area contributed by atoms with Crippen molar-refractivity contribution in [1.82, 2.24) is 0 Å². The molecule has 0 saturated carbocycles. The maximum Gasteiger partial charge on any atom is 0.211 e. The maximum absolute atomic E-state index is 5.53. The van der Waals surface area contributed by atoms with Gasteiger partial charge in [-0.3, -0.25) is 0 Å². The third-order valence-corrected chi connectivity index (χ3v) is 2.03. The largest absolute Gasteiger partial charge is 0.494 e. The number of nitrogens with zero attached hydrogens (tertiary/aromatic N) is 2. The molecular weight excluding hydrogens is 252 g/mol. The minimum Gasteiger partial charge on any atom is -0.494 e. The number of guanidine groups is 1. The fourth-order valence-electron chi connectivity index (χ4n) is 1.15. The number of rotatable bonds is 6. The molecule has 6 heteroatoms. The molecule has 0 aliphatic rings. The SMILES string of the molecule is CCCCOc1ccc(/C=N/N=C(N)N)cc1.Cl. The summed E-state index contributed by atoms with van der Waals surface area (Å²) in [6, 6.07) is 7.58. The summed E-state index contributed by atoms with van der Waals surface area (Å²) in [6.45, 7) is 2.88. The van der Waals surface area contributed by atoms with Gasteiger partial charge in [0.2, 0.25) is 5.96 Å². The molecule has 0 aromatic heterocycles. The molecule has 0 bridgehead atoms. The fraction of sp³-hybridized carbons (Fsp3) is 0.333. The highest BCUT2D eigenvalue weighted by atomic mass is 35.5. The van der Waals surface area contributed by atoms with Crippen molar-refractivity contribution in [2.75, 3.05) is 6.61 Å². The van der Waals surface area contributed by atoms with Crippen molar-refractivity contribution in [3.05, 3.63) is 29.8 Å². The van der Waals surface area contributed by atoms with Gasteiger partial charge in [-0.1, -0.05) is 13.3 Å². The molecule has 0 spiro atoms. The maximum atomic E-state index is 5.53. The van der Waals surface area contributed by atoms with Gasteiger partial charge in [0.1, 0.15) is 5.75 Å². The highest BCUT2D eigenvalue weighted by molar-refractivity contribution is 5.85. The summed E-state index contributed by atoms with van der Waals surface area (Å²) < 4.78 is 5.53. The zero-order chi connectivity index (χ0) is 12.5. The first kappa shape index (κ1) is 16.2. The van der Waals surface area contributed by atoms with Gasteiger partial charge in [-0.05, 0) is 36.2 Å². The number of hydrogen-bond acceptors (Lipinski definition) is 3. The van der Waals surface area contributed by atoms with Crippen LogP contribution < -0.4 is 16.2 Å². The molecule has 5 nitrogen and oxygen atoms in total. The molecule has 100 valence electrons. The predicted molar refractivity (Wildman–Crippen MR) is 77.5 cm³/mol. The molecule has 0 fully saturated rings. The highest BCUT2D eigenvalue weighted by Crippen LogP contribution is 2.11. The predicted octanol–water partition coefficient (Wildman–Crippen LogP) is 1.89. The van der Waals surface area contributed by atoms with Gasteiger partial charge in [-0.15, -0.1) is 17.5 Å². The van der Waals surface area contributed by atoms with E-state index in [2.05, 4.69) is 17.1 Å². The van der Waals surface area contributed by atoms with Gasteiger partial charge in [0, 0.05) is 0 Å². The van der Waals surface area contributed by atoms with Crippen molar-refractivity contribution in [3.63, 3.8) is 0 Å². The van der Waals surface area contributed by atoms with Crippen LogP contribution in [-0.4, -0.2) is 18.8 Å². The summed E-state index contributed by atoms with van der Waals surface area (Å²) in [7, 11) is 0. The van der Waals surface area contributed by atoms with Crippen molar-refractivity contribution >= 4 is 24.6 Å². The van der Waals surface area contributed by atoms with E-state index in [1.54, 1.807) is 6.21 Å². The monoisotopic (exact) mass is 270 g/mol. The summed E-state index contributed by atoms with van der Waals surface area (Å²) in [5, 5.41) is 7.23. The number of unbranched alkanes of at least 4 members (excludes halogenated alkanes) is 1. The van der Waals surface area contributed by atoms with Crippen LogP contribution in [-0.2, 0) is 0 Å². The van der Waals surface area contributed by atoms with E-state index in [4.69, 9.17) is 16.2 Å². The molecule has 0 heterocycles. The Morgan fingerprint density at radius 3 is 2.50 bits per heavy atom. The number of ether oxygens (including phenoxy) is 1. The van der Waals surface area contributed by atoms with Gasteiger partial charge in [0.15, 0.2) is 0 Å². The number of benzene rings is 1. The Morgan fingerprint density at radius 1 is 1.28 bits per heavy atom. The lowest BCUT2D eigenvalue weighted by molar-refractivity contribution is 0.309. The standard InChI is InChI=1S/C12H18N4O.ClH/c1-2-3-8-17-11-6-4-10(5-7-11)9-15-16-12(13)14;/h4-7,9H,2-3,8H2,1H3,(H4,13,14,16);1H/b15-9+;. The smallest absolute Gasteiger partial charge is 0.211 e. The van der Waals surface area contributed by atoms with E-state index in [1.807, 2.05) is 24.3 Å². The minimum atomic E-state index is -0.0548. The Balaban J connectivity index is 0.00000289. The van der Waals surface area contributed by atoms with E-state index in [0.29, 0.717) is 0 Å². The van der Waals surface area contributed by atoms with Crippen molar-refractivity contribution in [2.45, 2.75) is 19.8 Å². The molecule has 1 aromatic rings. The minimum absolute atomic E-state index is 0. The molecule has 0 aliphatic carbocycles. The van der Waals surface area contributed by atoms with E-state index in [-0.39, 0.29) is 18.4 Å². The zero-order valence-corrected chi connectivity index (χ0v) is 11.2. The Hall–Kier alpha value is -1.75. The van der Waals surface area contributed by atoms with Gasteiger partial charge < -0.3 is 16.2 Å². The van der Waals surface area contributed by atoms with Crippen molar-refractivity contribution < 1.29 is 4.74 Å². The van der Waals surface area contributed by atoms with E-state index in [0.717, 1.165) is 30.8 Å². The van der Waals surface area contributed by atoms with Crippen LogP contribution in [0.5, 0.6) is 5.75 Å². The van der Waals surface area contributed by atoms with Crippen LogP contribution >= 0.6 is 12.4 Å². The van der Waals surface area contributed by atoms with E-state index >= 15 is 0 Å². The number of nitrogens with two attached hydrogens (primary N) is 2. The van der Waals surface area contributed by atoms with Gasteiger partial charge in [0.25, 0.3) is 0 Å². The summed E-state index contributed by atoms with van der Waals surface area (Å²) in [4.78, 5) is 0. The van der Waals surface area contributed by atoms with Crippen molar-refractivity contribution in [2.24, 2.45) is 21.7 Å². The van der Waals surface area contributed by atoms with Crippen LogP contribution in [0.25, 0.3) is 0 Å². The Morgan fingerprint density at radius 2 is 1.94 bits per heavy atom. The van der Waals surface area contributed by atoms with E-state index < -0.39 is 0 Å². The summed E-state index contributed by atoms with van der Waals surface area (Å²) >= 11 is 0. The quantitative estimate of drug-likeness (QED) is 0.358. The van der Waals surface area contributed by atoms with Gasteiger partial charge in [-0.2, -0.15) is 5.10 Å². The molecule has 1 rings (SSSR count). The molecule has 0 saturated heterocycles. The van der Waals surface area contributed by atoms with Crippen molar-refractivity contribution in [3.8, 4) is 5.75 Å². The zero-order valence-electron chi connectivity index (χ0n) is 10.4. The molecule has 0 atom stereocenters. The van der Waals surface area contributed by atoms with Crippen LogP contribution in [0.15, 0.2) is 34.5 Å².